The number of carbonyl (C=O) groups excluding carboxylic acids is 1. The fraction of sp³-hybridized carbons (Fsp3) is 0.500. The highest BCUT2D eigenvalue weighted by Gasteiger charge is 2.31. The van der Waals surface area contributed by atoms with E-state index in [1.54, 1.807) is 0 Å². The molecule has 1 aliphatic carbocycles. The fourth-order valence-electron chi connectivity index (χ4n) is 2.66. The van der Waals surface area contributed by atoms with E-state index < -0.39 is 11.6 Å². The van der Waals surface area contributed by atoms with Gasteiger partial charge in [-0.15, -0.1) is 0 Å². The van der Waals surface area contributed by atoms with Gasteiger partial charge in [0, 0.05) is 18.0 Å². The number of nitrogens with one attached hydrogen (secondary N) is 1. The first kappa shape index (κ1) is 13.9. The second-order valence-electron chi connectivity index (χ2n) is 4.99. The van der Waals surface area contributed by atoms with Gasteiger partial charge in [0.2, 0.25) is 5.91 Å². The summed E-state index contributed by atoms with van der Waals surface area (Å²) in [4.78, 5) is 12.0. The van der Waals surface area contributed by atoms with Crippen LogP contribution in [0.2, 0.25) is 0 Å². The first-order valence-corrected chi connectivity index (χ1v) is 6.53. The zero-order valence-corrected chi connectivity index (χ0v) is 10.7. The van der Waals surface area contributed by atoms with E-state index in [2.05, 4.69) is 5.32 Å². The Kier molecular flexibility index (Phi) is 4.47. The van der Waals surface area contributed by atoms with Gasteiger partial charge in [0.15, 0.2) is 0 Å². The Morgan fingerprint density at radius 2 is 2.16 bits per heavy atom. The zero-order valence-electron chi connectivity index (χ0n) is 10.7. The van der Waals surface area contributed by atoms with E-state index in [1.165, 1.54) is 0 Å². The first-order chi connectivity index (χ1) is 9.11. The van der Waals surface area contributed by atoms with Crippen molar-refractivity contribution in [1.82, 2.24) is 5.32 Å². The fourth-order valence-corrected chi connectivity index (χ4v) is 2.66. The van der Waals surface area contributed by atoms with Crippen molar-refractivity contribution in [2.45, 2.75) is 25.8 Å². The predicted octanol–water partition coefficient (Wildman–Crippen LogP) is 1.96. The molecule has 3 nitrogen and oxygen atoms in total. The van der Waals surface area contributed by atoms with E-state index in [0.29, 0.717) is 6.54 Å². The molecule has 2 unspecified atom stereocenters. The third-order valence-electron chi connectivity index (χ3n) is 3.76. The summed E-state index contributed by atoms with van der Waals surface area (Å²) in [5.74, 6) is -1.02. The summed E-state index contributed by atoms with van der Waals surface area (Å²) < 4.78 is 26.4. The molecule has 0 bridgehead atoms. The number of halogens is 2. The van der Waals surface area contributed by atoms with Gasteiger partial charge in [-0.2, -0.15) is 0 Å². The quantitative estimate of drug-likeness (QED) is 0.877. The minimum atomic E-state index is -0.511. The highest BCUT2D eigenvalue weighted by Crippen LogP contribution is 2.31. The molecule has 0 aromatic heterocycles. The van der Waals surface area contributed by atoms with Crippen LogP contribution in [0.15, 0.2) is 18.2 Å². The molecule has 5 heteroatoms. The minimum Gasteiger partial charge on any atom is -0.352 e. The van der Waals surface area contributed by atoms with Crippen molar-refractivity contribution in [2.75, 3.05) is 6.54 Å². The van der Waals surface area contributed by atoms with E-state index >= 15 is 0 Å². The average Bonchev–Trinajstić information content (AvgIpc) is 2.88. The van der Waals surface area contributed by atoms with Crippen LogP contribution in [-0.4, -0.2) is 12.5 Å². The van der Waals surface area contributed by atoms with Crippen LogP contribution in [0.3, 0.4) is 0 Å². The first-order valence-electron chi connectivity index (χ1n) is 6.53. The van der Waals surface area contributed by atoms with E-state index in [-0.39, 0.29) is 29.9 Å². The summed E-state index contributed by atoms with van der Waals surface area (Å²) in [5.41, 5.74) is 5.79. The number of nitrogens with two attached hydrogens (primary N) is 1. The number of rotatable bonds is 4. The van der Waals surface area contributed by atoms with Gasteiger partial charge in [-0.05, 0) is 43.5 Å². The summed E-state index contributed by atoms with van der Waals surface area (Å²) in [6.45, 7) is 0.503. The minimum absolute atomic E-state index is 0.0101. The summed E-state index contributed by atoms with van der Waals surface area (Å²) in [6.07, 6.45) is 2.77. The van der Waals surface area contributed by atoms with Crippen molar-refractivity contribution in [3.63, 3.8) is 0 Å². The molecule has 0 aliphatic heterocycles. The van der Waals surface area contributed by atoms with Gasteiger partial charge in [-0.25, -0.2) is 8.78 Å². The van der Waals surface area contributed by atoms with Crippen molar-refractivity contribution in [3.05, 3.63) is 35.4 Å². The monoisotopic (exact) mass is 268 g/mol. The smallest absolute Gasteiger partial charge is 0.223 e. The summed E-state index contributed by atoms with van der Waals surface area (Å²) in [5, 5.41) is 2.67. The standard InChI is InChI=1S/C14H18F2N2O/c15-11-4-5-13(16)10(6-11)8-18-14(19)12-3-1-2-9(12)7-17/h4-6,9,12H,1-3,7-8,17H2,(H,18,19). The second kappa shape index (κ2) is 6.10. The molecular formula is C14H18F2N2O. The van der Waals surface area contributed by atoms with Crippen LogP contribution in [-0.2, 0) is 11.3 Å². The molecule has 104 valence electrons. The third-order valence-corrected chi connectivity index (χ3v) is 3.76. The largest absolute Gasteiger partial charge is 0.352 e. The molecule has 1 aliphatic rings. The van der Waals surface area contributed by atoms with E-state index in [9.17, 15) is 13.6 Å². The number of carbonyl (C=O) groups is 1. The lowest BCUT2D eigenvalue weighted by atomic mass is 9.95. The third kappa shape index (κ3) is 3.29. The van der Waals surface area contributed by atoms with Crippen LogP contribution in [0, 0.1) is 23.5 Å². The number of hydrogen-bond donors (Lipinski definition) is 2. The molecular weight excluding hydrogens is 250 g/mol. The van der Waals surface area contributed by atoms with E-state index in [0.717, 1.165) is 37.5 Å². The number of hydrogen-bond acceptors (Lipinski definition) is 2. The van der Waals surface area contributed by atoms with Crippen LogP contribution < -0.4 is 11.1 Å². The average molecular weight is 268 g/mol. The van der Waals surface area contributed by atoms with Crippen LogP contribution >= 0.6 is 0 Å². The van der Waals surface area contributed by atoms with Crippen molar-refractivity contribution in [3.8, 4) is 0 Å². The number of benzene rings is 1. The molecule has 0 radical (unpaired) electrons. The molecule has 1 fully saturated rings. The SMILES string of the molecule is NCC1CCCC1C(=O)NCc1cc(F)ccc1F. The van der Waals surface area contributed by atoms with E-state index in [1.807, 2.05) is 0 Å². The van der Waals surface area contributed by atoms with E-state index in [4.69, 9.17) is 5.73 Å². The maximum atomic E-state index is 13.4. The highest BCUT2D eigenvalue weighted by molar-refractivity contribution is 5.79. The molecule has 2 atom stereocenters. The summed E-state index contributed by atoms with van der Waals surface area (Å²) >= 11 is 0. The Morgan fingerprint density at radius 1 is 1.37 bits per heavy atom. The van der Waals surface area contributed by atoms with Gasteiger partial charge in [0.1, 0.15) is 11.6 Å². The van der Waals surface area contributed by atoms with Gasteiger partial charge in [-0.3, -0.25) is 4.79 Å². The predicted molar refractivity (Wildman–Crippen MR) is 68.1 cm³/mol. The second-order valence-corrected chi connectivity index (χ2v) is 4.99. The summed E-state index contributed by atoms with van der Waals surface area (Å²) in [7, 11) is 0. The lowest BCUT2D eigenvalue weighted by Crippen LogP contribution is -2.34. The molecule has 19 heavy (non-hydrogen) atoms. The van der Waals surface area contributed by atoms with Gasteiger partial charge in [-0.1, -0.05) is 6.42 Å². The molecule has 2 rings (SSSR count). The molecule has 1 aromatic rings. The maximum absolute atomic E-state index is 13.4. The van der Waals surface area contributed by atoms with Gasteiger partial charge in [0.25, 0.3) is 0 Å². The lowest BCUT2D eigenvalue weighted by Gasteiger charge is -2.17. The van der Waals surface area contributed by atoms with Gasteiger partial charge < -0.3 is 11.1 Å². The normalized spacial score (nSPS) is 22.5. The maximum Gasteiger partial charge on any atom is 0.223 e. The molecule has 0 saturated heterocycles. The Hall–Kier alpha value is -1.49. The number of amides is 1. The van der Waals surface area contributed by atoms with Crippen molar-refractivity contribution in [2.24, 2.45) is 17.6 Å². The summed E-state index contributed by atoms with van der Waals surface area (Å²) in [6, 6.07) is 3.22. The molecule has 1 aromatic carbocycles. The van der Waals surface area contributed by atoms with Crippen molar-refractivity contribution < 1.29 is 13.6 Å². The Morgan fingerprint density at radius 3 is 2.89 bits per heavy atom. The Balaban J connectivity index is 1.95. The van der Waals surface area contributed by atoms with Crippen LogP contribution in [0.5, 0.6) is 0 Å². The Bertz CT molecular complexity index is 465. The molecule has 0 heterocycles. The molecule has 1 saturated carbocycles. The van der Waals surface area contributed by atoms with Crippen LogP contribution in [0.1, 0.15) is 24.8 Å². The van der Waals surface area contributed by atoms with Gasteiger partial charge in [0.05, 0.1) is 0 Å². The zero-order chi connectivity index (χ0) is 13.8. The topological polar surface area (TPSA) is 55.1 Å². The Labute approximate surface area is 111 Å². The van der Waals surface area contributed by atoms with Crippen molar-refractivity contribution in [1.29, 1.82) is 0 Å². The van der Waals surface area contributed by atoms with Crippen LogP contribution in [0.4, 0.5) is 8.78 Å². The molecule has 1 amide bonds. The lowest BCUT2D eigenvalue weighted by molar-refractivity contribution is -0.126. The van der Waals surface area contributed by atoms with Crippen molar-refractivity contribution >= 4 is 5.91 Å². The van der Waals surface area contributed by atoms with Gasteiger partial charge >= 0.3 is 0 Å². The molecule has 0 spiro atoms. The molecule has 3 N–H and O–H groups in total. The van der Waals surface area contributed by atoms with Crippen LogP contribution in [0.25, 0.3) is 0 Å². The highest BCUT2D eigenvalue weighted by atomic mass is 19.1.